The van der Waals surface area contributed by atoms with E-state index in [-0.39, 0.29) is 6.03 Å². The predicted octanol–water partition coefficient (Wildman–Crippen LogP) is 2.86. The molecule has 0 spiro atoms. The second-order valence-electron chi connectivity index (χ2n) is 7.22. The fourth-order valence-corrected chi connectivity index (χ4v) is 3.88. The van der Waals surface area contributed by atoms with Gasteiger partial charge in [0.15, 0.2) is 11.5 Å². The molecule has 0 aliphatic carbocycles. The van der Waals surface area contributed by atoms with Crippen LogP contribution in [-0.4, -0.2) is 61.3 Å². The van der Waals surface area contributed by atoms with E-state index < -0.39 is 0 Å². The summed E-state index contributed by atoms with van der Waals surface area (Å²) in [6.45, 7) is 8.17. The summed E-state index contributed by atoms with van der Waals surface area (Å²) in [5.41, 5.74) is 1.00. The SMILES string of the molecule is CCOc1cc(CNC(=O)N2CC(N3CCCCC3C)C2)ccc1OC. The fourth-order valence-electron chi connectivity index (χ4n) is 3.88. The monoisotopic (exact) mass is 361 g/mol. The molecule has 2 saturated heterocycles. The number of benzene rings is 1. The molecule has 1 N–H and O–H groups in total. The molecule has 6 nitrogen and oxygen atoms in total. The summed E-state index contributed by atoms with van der Waals surface area (Å²) in [7, 11) is 1.63. The van der Waals surface area contributed by atoms with Gasteiger partial charge in [0, 0.05) is 31.7 Å². The Bertz CT molecular complexity index is 616. The minimum absolute atomic E-state index is 0.0136. The highest BCUT2D eigenvalue weighted by Gasteiger charge is 2.37. The van der Waals surface area contributed by atoms with E-state index in [2.05, 4.69) is 17.1 Å². The maximum Gasteiger partial charge on any atom is 0.317 e. The number of ether oxygens (including phenoxy) is 2. The number of carbonyl (C=O) groups is 1. The molecule has 1 unspecified atom stereocenters. The van der Waals surface area contributed by atoms with Gasteiger partial charge in [-0.1, -0.05) is 12.5 Å². The molecule has 0 saturated carbocycles. The molecule has 6 heteroatoms. The van der Waals surface area contributed by atoms with Crippen LogP contribution in [0, 0.1) is 0 Å². The third-order valence-electron chi connectivity index (χ3n) is 5.44. The van der Waals surface area contributed by atoms with Crippen molar-refractivity contribution in [2.75, 3.05) is 33.4 Å². The lowest BCUT2D eigenvalue weighted by Gasteiger charge is -2.49. The highest BCUT2D eigenvalue weighted by atomic mass is 16.5. The standard InChI is InChI=1S/C20H31N3O3/c1-4-26-19-11-16(8-9-18(19)25-3)12-21-20(24)22-13-17(14-22)23-10-6-5-7-15(23)2/h8-9,11,15,17H,4-7,10,12-14H2,1-3H3,(H,21,24). The Hall–Kier alpha value is -1.95. The van der Waals surface area contributed by atoms with Crippen molar-refractivity contribution in [1.82, 2.24) is 15.1 Å². The summed E-state index contributed by atoms with van der Waals surface area (Å²) in [6.07, 6.45) is 3.90. The van der Waals surface area contributed by atoms with E-state index in [0.717, 1.165) is 18.7 Å². The number of carbonyl (C=O) groups excluding carboxylic acids is 1. The maximum absolute atomic E-state index is 12.4. The Kier molecular flexibility index (Phi) is 6.25. The van der Waals surface area contributed by atoms with Crippen LogP contribution < -0.4 is 14.8 Å². The molecule has 1 atom stereocenters. The molecule has 2 amide bonds. The van der Waals surface area contributed by atoms with E-state index in [1.165, 1.54) is 25.8 Å². The van der Waals surface area contributed by atoms with Crippen LogP contribution in [0.5, 0.6) is 11.5 Å². The van der Waals surface area contributed by atoms with Crippen LogP contribution in [0.2, 0.25) is 0 Å². The first-order valence-corrected chi connectivity index (χ1v) is 9.70. The summed E-state index contributed by atoms with van der Waals surface area (Å²) in [4.78, 5) is 16.9. The summed E-state index contributed by atoms with van der Waals surface area (Å²) in [6, 6.07) is 6.95. The molecular weight excluding hydrogens is 330 g/mol. The van der Waals surface area contributed by atoms with Gasteiger partial charge in [-0.25, -0.2) is 4.79 Å². The van der Waals surface area contributed by atoms with Gasteiger partial charge in [-0.15, -0.1) is 0 Å². The first kappa shape index (κ1) is 18.8. The molecule has 2 heterocycles. The molecule has 1 aromatic rings. The molecular formula is C20H31N3O3. The number of likely N-dealkylation sites (tertiary alicyclic amines) is 2. The molecule has 2 aliphatic heterocycles. The van der Waals surface area contributed by atoms with Crippen molar-refractivity contribution in [3.63, 3.8) is 0 Å². The Morgan fingerprint density at radius 1 is 1.27 bits per heavy atom. The lowest BCUT2D eigenvalue weighted by Crippen LogP contribution is -2.64. The second-order valence-corrected chi connectivity index (χ2v) is 7.22. The number of nitrogens with zero attached hydrogens (tertiary/aromatic N) is 2. The normalized spacial score (nSPS) is 21.2. The van der Waals surface area contributed by atoms with Crippen molar-refractivity contribution in [2.45, 2.75) is 51.7 Å². The van der Waals surface area contributed by atoms with Gasteiger partial charge in [0.05, 0.1) is 13.7 Å². The van der Waals surface area contributed by atoms with Gasteiger partial charge in [-0.2, -0.15) is 0 Å². The zero-order valence-electron chi connectivity index (χ0n) is 16.2. The van der Waals surface area contributed by atoms with Gasteiger partial charge in [-0.3, -0.25) is 4.90 Å². The molecule has 0 radical (unpaired) electrons. The smallest absolute Gasteiger partial charge is 0.317 e. The topological polar surface area (TPSA) is 54.0 Å². The lowest BCUT2D eigenvalue weighted by molar-refractivity contribution is 0.0169. The number of urea groups is 1. The van der Waals surface area contributed by atoms with Crippen molar-refractivity contribution < 1.29 is 14.3 Å². The van der Waals surface area contributed by atoms with E-state index >= 15 is 0 Å². The van der Waals surface area contributed by atoms with Gasteiger partial charge in [0.1, 0.15) is 0 Å². The van der Waals surface area contributed by atoms with Gasteiger partial charge in [0.2, 0.25) is 0 Å². The molecule has 0 bridgehead atoms. The van der Waals surface area contributed by atoms with E-state index in [1.807, 2.05) is 30.0 Å². The predicted molar refractivity (Wildman–Crippen MR) is 102 cm³/mol. The van der Waals surface area contributed by atoms with E-state index in [4.69, 9.17) is 9.47 Å². The molecule has 3 rings (SSSR count). The molecule has 144 valence electrons. The van der Waals surface area contributed by atoms with Gasteiger partial charge in [-0.05, 0) is 50.9 Å². The molecule has 0 aromatic heterocycles. The first-order chi connectivity index (χ1) is 12.6. The highest BCUT2D eigenvalue weighted by Crippen LogP contribution is 2.28. The highest BCUT2D eigenvalue weighted by molar-refractivity contribution is 5.75. The number of hydrogen-bond donors (Lipinski definition) is 1. The minimum Gasteiger partial charge on any atom is -0.493 e. The van der Waals surface area contributed by atoms with Crippen LogP contribution in [0.25, 0.3) is 0 Å². The molecule has 2 aliphatic rings. The third kappa shape index (κ3) is 4.23. The Balaban J connectivity index is 1.47. The van der Waals surface area contributed by atoms with Gasteiger partial charge in [0.25, 0.3) is 0 Å². The van der Waals surface area contributed by atoms with E-state index in [0.29, 0.717) is 36.7 Å². The van der Waals surface area contributed by atoms with Crippen LogP contribution in [-0.2, 0) is 6.54 Å². The average Bonchev–Trinajstić information content (AvgIpc) is 2.61. The van der Waals surface area contributed by atoms with E-state index in [9.17, 15) is 4.79 Å². The molecule has 2 fully saturated rings. The first-order valence-electron chi connectivity index (χ1n) is 9.70. The Morgan fingerprint density at radius 2 is 2.08 bits per heavy atom. The van der Waals surface area contributed by atoms with Crippen molar-refractivity contribution in [1.29, 1.82) is 0 Å². The zero-order chi connectivity index (χ0) is 18.5. The minimum atomic E-state index is 0.0136. The van der Waals surface area contributed by atoms with Crippen LogP contribution in [0.1, 0.15) is 38.7 Å². The average molecular weight is 361 g/mol. The van der Waals surface area contributed by atoms with Crippen molar-refractivity contribution in [3.05, 3.63) is 23.8 Å². The van der Waals surface area contributed by atoms with Crippen LogP contribution >= 0.6 is 0 Å². The Labute approximate surface area is 156 Å². The van der Waals surface area contributed by atoms with E-state index in [1.54, 1.807) is 7.11 Å². The number of rotatable bonds is 6. The van der Waals surface area contributed by atoms with Crippen LogP contribution in [0.4, 0.5) is 4.79 Å². The van der Waals surface area contributed by atoms with Crippen molar-refractivity contribution >= 4 is 6.03 Å². The second kappa shape index (κ2) is 8.62. The number of hydrogen-bond acceptors (Lipinski definition) is 4. The largest absolute Gasteiger partial charge is 0.493 e. The fraction of sp³-hybridized carbons (Fsp3) is 0.650. The number of piperidine rings is 1. The number of nitrogens with one attached hydrogen (secondary N) is 1. The number of amides is 2. The molecule has 1 aromatic carbocycles. The van der Waals surface area contributed by atoms with Crippen molar-refractivity contribution in [3.8, 4) is 11.5 Å². The van der Waals surface area contributed by atoms with Gasteiger partial charge < -0.3 is 19.7 Å². The quantitative estimate of drug-likeness (QED) is 0.847. The maximum atomic E-state index is 12.4. The zero-order valence-corrected chi connectivity index (χ0v) is 16.2. The molecule has 26 heavy (non-hydrogen) atoms. The lowest BCUT2D eigenvalue weighted by atomic mass is 9.98. The summed E-state index contributed by atoms with van der Waals surface area (Å²) in [5.74, 6) is 1.42. The Morgan fingerprint density at radius 3 is 2.77 bits per heavy atom. The third-order valence-corrected chi connectivity index (χ3v) is 5.44. The van der Waals surface area contributed by atoms with Crippen molar-refractivity contribution in [2.24, 2.45) is 0 Å². The van der Waals surface area contributed by atoms with Gasteiger partial charge >= 0.3 is 6.03 Å². The number of methoxy groups -OCH3 is 1. The summed E-state index contributed by atoms with van der Waals surface area (Å²) < 4.78 is 10.9. The summed E-state index contributed by atoms with van der Waals surface area (Å²) in [5, 5.41) is 3.01. The summed E-state index contributed by atoms with van der Waals surface area (Å²) >= 11 is 0. The van der Waals surface area contributed by atoms with Crippen LogP contribution in [0.3, 0.4) is 0 Å². The van der Waals surface area contributed by atoms with Crippen LogP contribution in [0.15, 0.2) is 18.2 Å².